The zero-order chi connectivity index (χ0) is 20.5. The number of carbonyl (C=O) groups excluding carboxylic acids is 1. The molecule has 0 N–H and O–H groups in total. The van der Waals surface area contributed by atoms with Crippen LogP contribution in [0.5, 0.6) is 5.75 Å². The van der Waals surface area contributed by atoms with Crippen molar-refractivity contribution in [2.24, 2.45) is 4.99 Å². The molecule has 0 saturated heterocycles. The van der Waals surface area contributed by atoms with Gasteiger partial charge in [-0.1, -0.05) is 29.5 Å². The molecular weight excluding hydrogens is 408 g/mol. The number of thiazole rings is 1. The summed E-state index contributed by atoms with van der Waals surface area (Å²) < 4.78 is 12.4. The van der Waals surface area contributed by atoms with Crippen molar-refractivity contribution in [3.63, 3.8) is 0 Å². The summed E-state index contributed by atoms with van der Waals surface area (Å²) in [5, 5.41) is 1.96. The van der Waals surface area contributed by atoms with Gasteiger partial charge in [0.15, 0.2) is 4.80 Å². The number of methoxy groups -OCH3 is 2. The maximum atomic E-state index is 13.3. The second-order valence-corrected chi connectivity index (χ2v) is 8.35. The van der Waals surface area contributed by atoms with Crippen LogP contribution in [0.3, 0.4) is 0 Å². The van der Waals surface area contributed by atoms with Crippen molar-refractivity contribution in [3.8, 4) is 5.75 Å². The molecule has 148 valence electrons. The number of rotatable bonds is 4. The Bertz CT molecular complexity index is 1270. The summed E-state index contributed by atoms with van der Waals surface area (Å²) in [6.07, 6.45) is 1.86. The van der Waals surface area contributed by atoms with E-state index in [0.717, 1.165) is 10.4 Å². The van der Waals surface area contributed by atoms with Gasteiger partial charge in [-0.15, -0.1) is 11.3 Å². The monoisotopic (exact) mass is 426 g/mol. The summed E-state index contributed by atoms with van der Waals surface area (Å²) in [5.41, 5.74) is 1.50. The van der Waals surface area contributed by atoms with Gasteiger partial charge in [0, 0.05) is 4.88 Å². The fraction of sp³-hybridized carbons (Fsp3) is 0.190. The summed E-state index contributed by atoms with van der Waals surface area (Å²) >= 11 is 2.87. The van der Waals surface area contributed by atoms with Gasteiger partial charge in [0.1, 0.15) is 5.75 Å². The van der Waals surface area contributed by atoms with Gasteiger partial charge < -0.3 is 9.47 Å². The smallest absolute Gasteiger partial charge is 0.338 e. The highest BCUT2D eigenvalue weighted by molar-refractivity contribution is 7.11. The van der Waals surface area contributed by atoms with Crippen LogP contribution in [-0.4, -0.2) is 24.8 Å². The Labute approximate surface area is 174 Å². The Morgan fingerprint density at radius 2 is 1.97 bits per heavy atom. The molecule has 0 unspecified atom stereocenters. The molecule has 29 heavy (non-hydrogen) atoms. The van der Waals surface area contributed by atoms with Crippen LogP contribution in [-0.2, 0) is 9.53 Å². The molecular formula is C21H18N2O4S2. The van der Waals surface area contributed by atoms with Crippen LogP contribution >= 0.6 is 22.7 Å². The minimum Gasteiger partial charge on any atom is -0.497 e. The summed E-state index contributed by atoms with van der Waals surface area (Å²) in [6.45, 7) is 1.76. The van der Waals surface area contributed by atoms with E-state index in [1.807, 2.05) is 35.7 Å². The third-order valence-corrected chi connectivity index (χ3v) is 6.48. The van der Waals surface area contributed by atoms with Crippen LogP contribution in [0.1, 0.15) is 23.4 Å². The molecule has 1 atom stereocenters. The Morgan fingerprint density at radius 1 is 1.21 bits per heavy atom. The number of hydrogen-bond acceptors (Lipinski definition) is 7. The lowest BCUT2D eigenvalue weighted by Crippen LogP contribution is -2.39. The van der Waals surface area contributed by atoms with Gasteiger partial charge >= 0.3 is 5.97 Å². The minimum atomic E-state index is -0.616. The number of carbonyl (C=O) groups is 1. The molecule has 6 nitrogen and oxygen atoms in total. The third-order valence-electron chi connectivity index (χ3n) is 4.68. The van der Waals surface area contributed by atoms with Crippen molar-refractivity contribution in [3.05, 3.63) is 83.2 Å². The fourth-order valence-electron chi connectivity index (χ4n) is 3.30. The first-order chi connectivity index (χ1) is 14.0. The van der Waals surface area contributed by atoms with Crippen LogP contribution in [0.15, 0.2) is 62.8 Å². The van der Waals surface area contributed by atoms with Crippen LogP contribution in [0.4, 0.5) is 0 Å². The summed E-state index contributed by atoms with van der Waals surface area (Å²) in [5.74, 6) is 0.193. The highest BCUT2D eigenvalue weighted by Crippen LogP contribution is 2.31. The van der Waals surface area contributed by atoms with Crippen LogP contribution in [0.2, 0.25) is 0 Å². The minimum absolute atomic E-state index is 0.183. The van der Waals surface area contributed by atoms with Gasteiger partial charge in [-0.2, -0.15) is 0 Å². The van der Waals surface area contributed by atoms with Crippen molar-refractivity contribution >= 4 is 34.7 Å². The number of benzene rings is 1. The maximum absolute atomic E-state index is 13.3. The number of hydrogen-bond donors (Lipinski definition) is 0. The van der Waals surface area contributed by atoms with Crippen LogP contribution in [0.25, 0.3) is 6.08 Å². The van der Waals surface area contributed by atoms with Crippen molar-refractivity contribution in [2.75, 3.05) is 14.2 Å². The molecule has 2 aromatic heterocycles. The van der Waals surface area contributed by atoms with E-state index in [0.29, 0.717) is 26.4 Å². The number of esters is 1. The van der Waals surface area contributed by atoms with Gasteiger partial charge in [0.25, 0.3) is 5.56 Å². The molecule has 8 heteroatoms. The van der Waals surface area contributed by atoms with Gasteiger partial charge in [-0.25, -0.2) is 9.79 Å². The average Bonchev–Trinajstić information content (AvgIpc) is 3.35. The second kappa shape index (κ2) is 7.81. The topological polar surface area (TPSA) is 69.9 Å². The van der Waals surface area contributed by atoms with E-state index >= 15 is 0 Å². The maximum Gasteiger partial charge on any atom is 0.338 e. The molecule has 0 fully saturated rings. The molecule has 3 aromatic rings. The lowest BCUT2D eigenvalue weighted by molar-refractivity contribution is -0.136. The lowest BCUT2D eigenvalue weighted by Gasteiger charge is -2.24. The molecule has 0 aliphatic carbocycles. The molecule has 0 radical (unpaired) electrons. The number of allylic oxidation sites excluding steroid dienone is 1. The summed E-state index contributed by atoms with van der Waals surface area (Å²) in [4.78, 5) is 32.0. The normalized spacial score (nSPS) is 16.4. The quantitative estimate of drug-likeness (QED) is 0.601. The number of fused-ring (bicyclic) bond motifs is 1. The summed E-state index contributed by atoms with van der Waals surface area (Å²) in [7, 11) is 2.92. The van der Waals surface area contributed by atoms with Gasteiger partial charge in [0.2, 0.25) is 0 Å². The Kier molecular flexibility index (Phi) is 5.21. The van der Waals surface area contributed by atoms with Gasteiger partial charge in [-0.3, -0.25) is 9.36 Å². The van der Waals surface area contributed by atoms with E-state index in [9.17, 15) is 9.59 Å². The standard InChI is InChI=1S/C21H18N2O4S2/c1-12-17(20(25)27-3)18(13-6-8-14(26-2)9-7-13)23-19(24)16(29-21(23)22-12)11-15-5-4-10-28-15/h4-11,18H,1-3H3/b16-11+/t18-/m1/s1. The predicted octanol–water partition coefficient (Wildman–Crippen LogP) is 2.48. The molecule has 0 bridgehead atoms. The SMILES string of the molecule is COC(=O)C1=C(C)N=c2s/c(=C/c3cccs3)c(=O)n2[C@@H]1c1ccc(OC)cc1. The largest absolute Gasteiger partial charge is 0.497 e. The molecule has 1 aromatic carbocycles. The Morgan fingerprint density at radius 3 is 2.59 bits per heavy atom. The molecule has 0 saturated carbocycles. The van der Waals surface area contributed by atoms with E-state index in [1.54, 1.807) is 42.1 Å². The summed E-state index contributed by atoms with van der Waals surface area (Å²) in [6, 6.07) is 10.6. The lowest BCUT2D eigenvalue weighted by atomic mass is 9.96. The first-order valence-electron chi connectivity index (χ1n) is 8.82. The number of thiophene rings is 1. The fourth-order valence-corrected chi connectivity index (χ4v) is 5.07. The van der Waals surface area contributed by atoms with Crippen molar-refractivity contribution < 1.29 is 14.3 Å². The van der Waals surface area contributed by atoms with Crippen molar-refractivity contribution in [2.45, 2.75) is 13.0 Å². The zero-order valence-corrected chi connectivity index (χ0v) is 17.7. The van der Waals surface area contributed by atoms with Gasteiger partial charge in [0.05, 0.1) is 36.1 Å². The number of aromatic nitrogens is 1. The third kappa shape index (κ3) is 3.45. The van der Waals surface area contributed by atoms with Gasteiger partial charge in [-0.05, 0) is 42.1 Å². The van der Waals surface area contributed by atoms with E-state index in [2.05, 4.69) is 4.99 Å². The average molecular weight is 427 g/mol. The van der Waals surface area contributed by atoms with E-state index in [-0.39, 0.29) is 5.56 Å². The predicted molar refractivity (Wildman–Crippen MR) is 113 cm³/mol. The van der Waals surface area contributed by atoms with E-state index < -0.39 is 12.0 Å². The highest BCUT2D eigenvalue weighted by Gasteiger charge is 2.33. The highest BCUT2D eigenvalue weighted by atomic mass is 32.1. The van der Waals surface area contributed by atoms with E-state index in [4.69, 9.17) is 9.47 Å². The first-order valence-corrected chi connectivity index (χ1v) is 10.5. The second-order valence-electron chi connectivity index (χ2n) is 6.36. The van der Waals surface area contributed by atoms with Crippen molar-refractivity contribution in [1.29, 1.82) is 0 Å². The Balaban J connectivity index is 1.97. The Hall–Kier alpha value is -2.97. The molecule has 3 heterocycles. The molecule has 1 aliphatic heterocycles. The molecule has 1 aliphatic rings. The van der Waals surface area contributed by atoms with E-state index in [1.165, 1.54) is 18.4 Å². The molecule has 0 amide bonds. The van der Waals surface area contributed by atoms with Crippen LogP contribution < -0.4 is 19.6 Å². The first kappa shape index (κ1) is 19.4. The number of ether oxygens (including phenoxy) is 2. The number of nitrogens with zero attached hydrogens (tertiary/aromatic N) is 2. The zero-order valence-electron chi connectivity index (χ0n) is 16.0. The van der Waals surface area contributed by atoms with Crippen LogP contribution in [0, 0.1) is 0 Å². The molecule has 0 spiro atoms. The molecule has 4 rings (SSSR count). The van der Waals surface area contributed by atoms with Crippen molar-refractivity contribution in [1.82, 2.24) is 4.57 Å².